The quantitative estimate of drug-likeness (QED) is 0.843. The van der Waals surface area contributed by atoms with Crippen LogP contribution in [0.3, 0.4) is 0 Å². The zero-order chi connectivity index (χ0) is 12.8. The molecule has 2 rings (SSSR count). The van der Waals surface area contributed by atoms with Crippen LogP contribution in [-0.2, 0) is 0 Å². The van der Waals surface area contributed by atoms with Gasteiger partial charge in [-0.05, 0) is 24.6 Å². The van der Waals surface area contributed by atoms with Gasteiger partial charge in [-0.2, -0.15) is 0 Å². The van der Waals surface area contributed by atoms with Crippen molar-refractivity contribution in [1.82, 2.24) is 9.97 Å². The second kappa shape index (κ2) is 6.21. The summed E-state index contributed by atoms with van der Waals surface area (Å²) in [6.45, 7) is 3.19. The number of rotatable bonds is 5. The number of anilines is 1. The molecule has 1 heterocycles. The van der Waals surface area contributed by atoms with E-state index < -0.39 is 0 Å². The van der Waals surface area contributed by atoms with Crippen molar-refractivity contribution in [3.63, 3.8) is 0 Å². The lowest BCUT2D eigenvalue weighted by atomic mass is 10.2. The Morgan fingerprint density at radius 2 is 2.11 bits per heavy atom. The lowest BCUT2D eigenvalue weighted by molar-refractivity contribution is 0.332. The van der Waals surface area contributed by atoms with E-state index in [1.165, 1.54) is 5.56 Å². The van der Waals surface area contributed by atoms with E-state index in [9.17, 15) is 0 Å². The molecule has 0 aliphatic heterocycles. The monoisotopic (exact) mass is 263 g/mol. The molecule has 0 radical (unpaired) electrons. The summed E-state index contributed by atoms with van der Waals surface area (Å²) < 4.78 is 5.59. The molecule has 0 unspecified atom stereocenters. The van der Waals surface area contributed by atoms with Crippen molar-refractivity contribution < 1.29 is 4.74 Å². The number of aromatic nitrogens is 2. The SMILES string of the molecule is Cc1cccc(OCCNc2nccnc2Cl)c1. The van der Waals surface area contributed by atoms with Gasteiger partial charge in [0, 0.05) is 12.4 Å². The molecule has 0 fully saturated rings. The van der Waals surface area contributed by atoms with Gasteiger partial charge in [-0.3, -0.25) is 0 Å². The third-order valence-corrected chi connectivity index (χ3v) is 2.58. The molecular formula is C13H14ClN3O. The largest absolute Gasteiger partial charge is 0.492 e. The van der Waals surface area contributed by atoms with Crippen LogP contribution < -0.4 is 10.1 Å². The summed E-state index contributed by atoms with van der Waals surface area (Å²) in [7, 11) is 0. The third kappa shape index (κ3) is 3.60. The summed E-state index contributed by atoms with van der Waals surface area (Å²) in [5, 5.41) is 3.44. The van der Waals surface area contributed by atoms with Crippen LogP contribution in [0.2, 0.25) is 5.15 Å². The summed E-state index contributed by atoms with van der Waals surface area (Å²) in [5.74, 6) is 1.44. The molecular weight excluding hydrogens is 250 g/mol. The molecule has 0 spiro atoms. The average Bonchev–Trinajstić information content (AvgIpc) is 2.37. The van der Waals surface area contributed by atoms with Crippen molar-refractivity contribution in [3.05, 3.63) is 47.4 Å². The predicted octanol–water partition coefficient (Wildman–Crippen LogP) is 2.93. The Morgan fingerprint density at radius 1 is 1.28 bits per heavy atom. The molecule has 0 atom stereocenters. The molecule has 18 heavy (non-hydrogen) atoms. The maximum atomic E-state index is 5.86. The minimum absolute atomic E-state index is 0.369. The van der Waals surface area contributed by atoms with Gasteiger partial charge >= 0.3 is 0 Å². The van der Waals surface area contributed by atoms with Crippen LogP contribution in [0.1, 0.15) is 5.56 Å². The van der Waals surface area contributed by atoms with Gasteiger partial charge in [-0.25, -0.2) is 9.97 Å². The molecule has 0 saturated heterocycles. The van der Waals surface area contributed by atoms with Gasteiger partial charge in [-0.1, -0.05) is 23.7 Å². The second-order valence-corrected chi connectivity index (χ2v) is 4.15. The maximum absolute atomic E-state index is 5.86. The van der Waals surface area contributed by atoms with E-state index in [0.717, 1.165) is 5.75 Å². The van der Waals surface area contributed by atoms with Crippen LogP contribution in [-0.4, -0.2) is 23.1 Å². The van der Waals surface area contributed by atoms with Crippen LogP contribution >= 0.6 is 11.6 Å². The lowest BCUT2D eigenvalue weighted by Crippen LogP contribution is -2.12. The van der Waals surface area contributed by atoms with E-state index in [2.05, 4.69) is 15.3 Å². The topological polar surface area (TPSA) is 47.0 Å². The van der Waals surface area contributed by atoms with Gasteiger partial charge < -0.3 is 10.1 Å². The van der Waals surface area contributed by atoms with Crippen molar-refractivity contribution >= 4 is 17.4 Å². The Bertz CT molecular complexity index is 519. The lowest BCUT2D eigenvalue weighted by Gasteiger charge is -2.08. The van der Waals surface area contributed by atoms with Crippen LogP contribution in [0.25, 0.3) is 0 Å². The summed E-state index contributed by atoms with van der Waals surface area (Å²) in [4.78, 5) is 8.00. The van der Waals surface area contributed by atoms with Crippen LogP contribution in [0.4, 0.5) is 5.82 Å². The van der Waals surface area contributed by atoms with Gasteiger partial charge in [0.25, 0.3) is 0 Å². The summed E-state index contributed by atoms with van der Waals surface area (Å²) in [5.41, 5.74) is 1.18. The Morgan fingerprint density at radius 3 is 2.89 bits per heavy atom. The predicted molar refractivity (Wildman–Crippen MR) is 72.2 cm³/mol. The number of nitrogens with zero attached hydrogens (tertiary/aromatic N) is 2. The van der Waals surface area contributed by atoms with E-state index in [1.54, 1.807) is 12.4 Å². The molecule has 2 aromatic rings. The Hall–Kier alpha value is -1.81. The first-order valence-electron chi connectivity index (χ1n) is 5.65. The first kappa shape index (κ1) is 12.6. The maximum Gasteiger partial charge on any atom is 0.171 e. The van der Waals surface area contributed by atoms with Gasteiger partial charge in [0.1, 0.15) is 12.4 Å². The van der Waals surface area contributed by atoms with Crippen molar-refractivity contribution in [2.75, 3.05) is 18.5 Å². The molecule has 0 aliphatic rings. The zero-order valence-corrected chi connectivity index (χ0v) is 10.8. The van der Waals surface area contributed by atoms with Gasteiger partial charge in [0.2, 0.25) is 0 Å². The van der Waals surface area contributed by atoms with E-state index in [-0.39, 0.29) is 0 Å². The van der Waals surface area contributed by atoms with Gasteiger partial charge in [0.15, 0.2) is 11.0 Å². The second-order valence-electron chi connectivity index (χ2n) is 3.79. The number of hydrogen-bond acceptors (Lipinski definition) is 4. The highest BCUT2D eigenvalue weighted by Crippen LogP contribution is 2.14. The zero-order valence-electron chi connectivity index (χ0n) is 10.1. The normalized spacial score (nSPS) is 10.1. The minimum atomic E-state index is 0.369. The fourth-order valence-electron chi connectivity index (χ4n) is 1.48. The Balaban J connectivity index is 1.78. The van der Waals surface area contributed by atoms with E-state index in [1.807, 2.05) is 31.2 Å². The summed E-state index contributed by atoms with van der Waals surface area (Å²) in [6, 6.07) is 7.93. The highest BCUT2D eigenvalue weighted by Gasteiger charge is 2.00. The first-order valence-corrected chi connectivity index (χ1v) is 6.03. The Labute approximate surface area is 111 Å². The summed E-state index contributed by atoms with van der Waals surface area (Å²) >= 11 is 5.86. The number of aryl methyl sites for hydroxylation is 1. The molecule has 1 aromatic carbocycles. The molecule has 0 saturated carbocycles. The number of halogens is 1. The smallest absolute Gasteiger partial charge is 0.171 e. The van der Waals surface area contributed by atoms with E-state index in [0.29, 0.717) is 24.1 Å². The van der Waals surface area contributed by atoms with Crippen LogP contribution in [0.15, 0.2) is 36.7 Å². The van der Waals surface area contributed by atoms with Crippen molar-refractivity contribution in [1.29, 1.82) is 0 Å². The molecule has 5 heteroatoms. The van der Waals surface area contributed by atoms with Crippen LogP contribution in [0, 0.1) is 6.92 Å². The third-order valence-electron chi connectivity index (χ3n) is 2.31. The molecule has 1 N–H and O–H groups in total. The number of benzene rings is 1. The van der Waals surface area contributed by atoms with Crippen molar-refractivity contribution in [2.24, 2.45) is 0 Å². The first-order chi connectivity index (χ1) is 8.75. The molecule has 0 aliphatic carbocycles. The van der Waals surface area contributed by atoms with E-state index in [4.69, 9.17) is 16.3 Å². The number of ether oxygens (including phenoxy) is 1. The highest BCUT2D eigenvalue weighted by atomic mass is 35.5. The molecule has 1 aromatic heterocycles. The van der Waals surface area contributed by atoms with Crippen molar-refractivity contribution in [3.8, 4) is 5.75 Å². The van der Waals surface area contributed by atoms with E-state index >= 15 is 0 Å². The average molecular weight is 264 g/mol. The Kier molecular flexibility index (Phi) is 4.36. The fourth-order valence-corrected chi connectivity index (χ4v) is 1.66. The molecule has 4 nitrogen and oxygen atoms in total. The molecule has 0 amide bonds. The number of nitrogens with one attached hydrogen (secondary N) is 1. The highest BCUT2D eigenvalue weighted by molar-refractivity contribution is 6.31. The minimum Gasteiger partial charge on any atom is -0.492 e. The fraction of sp³-hybridized carbons (Fsp3) is 0.231. The van der Waals surface area contributed by atoms with Gasteiger partial charge in [-0.15, -0.1) is 0 Å². The summed E-state index contributed by atoms with van der Waals surface area (Å²) in [6.07, 6.45) is 3.15. The van der Waals surface area contributed by atoms with Crippen molar-refractivity contribution in [2.45, 2.75) is 6.92 Å². The molecule has 94 valence electrons. The molecule has 0 bridgehead atoms. The number of hydrogen-bond donors (Lipinski definition) is 1. The standard InChI is InChI=1S/C13H14ClN3O/c1-10-3-2-4-11(9-10)18-8-7-17-13-12(14)15-5-6-16-13/h2-6,9H,7-8H2,1H3,(H,16,17). The van der Waals surface area contributed by atoms with Gasteiger partial charge in [0.05, 0.1) is 6.54 Å². The van der Waals surface area contributed by atoms with Crippen LogP contribution in [0.5, 0.6) is 5.75 Å².